The molecule has 0 aromatic heterocycles. The van der Waals surface area contributed by atoms with E-state index in [2.05, 4.69) is 27.9 Å². The molecule has 0 unspecified atom stereocenters. The van der Waals surface area contributed by atoms with Crippen molar-refractivity contribution >= 4 is 40.6 Å². The molecule has 0 spiro atoms. The van der Waals surface area contributed by atoms with Gasteiger partial charge in [-0.15, -0.1) is 0 Å². The van der Waals surface area contributed by atoms with Gasteiger partial charge in [0, 0.05) is 10.3 Å². The van der Waals surface area contributed by atoms with Crippen LogP contribution in [0, 0.1) is 0 Å². The van der Waals surface area contributed by atoms with Crippen LogP contribution in [0.15, 0.2) is 0 Å². The van der Waals surface area contributed by atoms with Gasteiger partial charge in [-0.3, -0.25) is 9.69 Å². The van der Waals surface area contributed by atoms with Crippen LogP contribution in [-0.2, 0) is 19.1 Å². The number of β-amino-alcohol motifs (C(OH)–C–C–N with tert-alkyl or cyclic N) is 1. The van der Waals surface area contributed by atoms with Crippen molar-refractivity contribution < 1.29 is 29.0 Å². The number of nitrogens with one attached hydrogen (secondary N) is 1. The fourth-order valence-corrected chi connectivity index (χ4v) is 3.87. The highest BCUT2D eigenvalue weighted by atomic mass is 127. The average Bonchev–Trinajstić information content (AvgIpc) is 2.94. The molecule has 1 saturated heterocycles. The van der Waals surface area contributed by atoms with Crippen LogP contribution in [0.4, 0.5) is 4.79 Å². The number of rotatable bonds is 4. The molecule has 2 N–H and O–H groups in total. The van der Waals surface area contributed by atoms with Crippen molar-refractivity contribution in [3.63, 3.8) is 0 Å². The highest BCUT2D eigenvalue weighted by Gasteiger charge is 2.62. The SMILES string of the molecule is CCOC(=O)[C@@]1(NC(=O)[C@@H]2C[C@@H](O)CN2C(=O)OC(C)(C)C)C[C@H]1I. The Bertz CT molecular complexity index is 563. The molecule has 2 amide bonds. The Hall–Kier alpha value is -1.10. The maximum absolute atomic E-state index is 12.7. The number of hydrogen-bond donors (Lipinski definition) is 2. The molecule has 0 aromatic carbocycles. The summed E-state index contributed by atoms with van der Waals surface area (Å²) in [5.74, 6) is -0.945. The van der Waals surface area contributed by atoms with Gasteiger partial charge in [0.1, 0.15) is 11.6 Å². The maximum atomic E-state index is 12.7. The molecule has 1 aliphatic carbocycles. The van der Waals surface area contributed by atoms with Crippen LogP contribution >= 0.6 is 22.6 Å². The molecule has 2 rings (SSSR count). The summed E-state index contributed by atoms with van der Waals surface area (Å²) in [4.78, 5) is 38.4. The first kappa shape index (κ1) is 20.2. The lowest BCUT2D eigenvalue weighted by Crippen LogP contribution is -2.54. The standard InChI is InChI=1S/C16H25IN2O6/c1-5-24-13(22)16(7-11(16)17)18-12(21)10-6-9(20)8-19(10)14(23)25-15(2,3)4/h9-11,20H,5-8H2,1-4H3,(H,18,21)/t9-,10+,11-,16-/m1/s1. The third-order valence-electron chi connectivity index (χ3n) is 4.07. The zero-order valence-corrected chi connectivity index (χ0v) is 17.0. The van der Waals surface area contributed by atoms with Crippen LogP contribution in [-0.4, -0.2) is 68.3 Å². The van der Waals surface area contributed by atoms with Gasteiger partial charge in [0.05, 0.1) is 19.3 Å². The Balaban J connectivity index is 2.09. The van der Waals surface area contributed by atoms with E-state index in [-0.39, 0.29) is 23.5 Å². The molecule has 1 heterocycles. The van der Waals surface area contributed by atoms with Crippen LogP contribution < -0.4 is 5.32 Å². The van der Waals surface area contributed by atoms with Crippen LogP contribution in [0.3, 0.4) is 0 Å². The van der Waals surface area contributed by atoms with E-state index in [1.807, 2.05) is 0 Å². The van der Waals surface area contributed by atoms with E-state index in [0.29, 0.717) is 6.42 Å². The molecule has 2 fully saturated rings. The van der Waals surface area contributed by atoms with Crippen LogP contribution in [0.5, 0.6) is 0 Å². The number of nitrogens with zero attached hydrogens (tertiary/aromatic N) is 1. The van der Waals surface area contributed by atoms with Gasteiger partial charge in [0.15, 0.2) is 5.54 Å². The van der Waals surface area contributed by atoms with Gasteiger partial charge in [0.25, 0.3) is 0 Å². The molecule has 0 aromatic rings. The molecule has 9 heteroatoms. The molecule has 142 valence electrons. The third-order valence-corrected chi connectivity index (χ3v) is 5.57. The first-order valence-corrected chi connectivity index (χ1v) is 9.55. The Kier molecular flexibility index (Phi) is 5.87. The fraction of sp³-hybridized carbons (Fsp3) is 0.812. The minimum atomic E-state index is -1.04. The number of aliphatic hydroxyl groups excluding tert-OH is 1. The summed E-state index contributed by atoms with van der Waals surface area (Å²) >= 11 is 2.09. The van der Waals surface area contributed by atoms with Crippen LogP contribution in [0.25, 0.3) is 0 Å². The van der Waals surface area contributed by atoms with E-state index in [1.54, 1.807) is 27.7 Å². The zero-order chi connectivity index (χ0) is 19.0. The largest absolute Gasteiger partial charge is 0.464 e. The summed E-state index contributed by atoms with van der Waals surface area (Å²) in [5, 5.41) is 12.6. The second kappa shape index (κ2) is 7.26. The van der Waals surface area contributed by atoms with Crippen molar-refractivity contribution in [2.45, 2.75) is 67.7 Å². The van der Waals surface area contributed by atoms with Gasteiger partial charge in [-0.25, -0.2) is 9.59 Å². The number of carbonyl (C=O) groups excluding carboxylic acids is 3. The molecule has 0 bridgehead atoms. The number of esters is 1. The molecule has 1 aliphatic heterocycles. The number of halogens is 1. The summed E-state index contributed by atoms with van der Waals surface area (Å²) in [6.45, 7) is 7.14. The summed E-state index contributed by atoms with van der Waals surface area (Å²) in [7, 11) is 0. The van der Waals surface area contributed by atoms with E-state index in [0.717, 1.165) is 0 Å². The average molecular weight is 468 g/mol. The maximum Gasteiger partial charge on any atom is 0.411 e. The van der Waals surface area contributed by atoms with Crippen molar-refractivity contribution in [2.75, 3.05) is 13.2 Å². The Labute approximate surface area is 160 Å². The van der Waals surface area contributed by atoms with E-state index in [4.69, 9.17) is 9.47 Å². The van der Waals surface area contributed by atoms with E-state index in [1.165, 1.54) is 4.90 Å². The van der Waals surface area contributed by atoms with E-state index < -0.39 is 41.3 Å². The molecular formula is C16H25IN2O6. The molecular weight excluding hydrogens is 443 g/mol. The minimum Gasteiger partial charge on any atom is -0.464 e. The first-order chi connectivity index (χ1) is 11.5. The van der Waals surface area contributed by atoms with Crippen molar-refractivity contribution in [1.29, 1.82) is 0 Å². The normalized spacial score (nSPS) is 31.4. The van der Waals surface area contributed by atoms with Gasteiger partial charge in [0.2, 0.25) is 5.91 Å². The smallest absolute Gasteiger partial charge is 0.411 e. The molecule has 2 aliphatic rings. The van der Waals surface area contributed by atoms with Gasteiger partial charge in [-0.2, -0.15) is 0 Å². The number of alkyl halides is 1. The van der Waals surface area contributed by atoms with Crippen LogP contribution in [0.2, 0.25) is 0 Å². The highest BCUT2D eigenvalue weighted by molar-refractivity contribution is 14.1. The summed E-state index contributed by atoms with van der Waals surface area (Å²) in [6.07, 6.45) is -0.872. The second-order valence-electron chi connectivity index (χ2n) is 7.39. The predicted molar refractivity (Wildman–Crippen MR) is 97.3 cm³/mol. The molecule has 8 nitrogen and oxygen atoms in total. The lowest BCUT2D eigenvalue weighted by atomic mass is 10.1. The van der Waals surface area contributed by atoms with Gasteiger partial charge < -0.3 is 19.9 Å². The minimum absolute atomic E-state index is 0.0209. The Morgan fingerprint density at radius 1 is 1.36 bits per heavy atom. The zero-order valence-electron chi connectivity index (χ0n) is 14.9. The van der Waals surface area contributed by atoms with Crippen molar-refractivity contribution in [2.24, 2.45) is 0 Å². The topological polar surface area (TPSA) is 105 Å². The molecule has 25 heavy (non-hydrogen) atoms. The summed E-state index contributed by atoms with van der Waals surface area (Å²) in [5.41, 5.74) is -1.75. The molecule has 4 atom stereocenters. The van der Waals surface area contributed by atoms with Gasteiger partial charge >= 0.3 is 12.1 Å². The van der Waals surface area contributed by atoms with E-state index in [9.17, 15) is 19.5 Å². The molecule has 1 saturated carbocycles. The van der Waals surface area contributed by atoms with Crippen molar-refractivity contribution in [3.05, 3.63) is 0 Å². The third kappa shape index (κ3) is 4.55. The number of amides is 2. The lowest BCUT2D eigenvalue weighted by Gasteiger charge is -2.28. The summed E-state index contributed by atoms with van der Waals surface area (Å²) < 4.78 is 10.3. The first-order valence-electron chi connectivity index (χ1n) is 8.31. The quantitative estimate of drug-likeness (QED) is 0.362. The Morgan fingerprint density at radius 2 is 1.96 bits per heavy atom. The van der Waals surface area contributed by atoms with E-state index >= 15 is 0 Å². The number of aliphatic hydroxyl groups is 1. The monoisotopic (exact) mass is 468 g/mol. The van der Waals surface area contributed by atoms with Crippen molar-refractivity contribution in [3.8, 4) is 0 Å². The second-order valence-corrected chi connectivity index (χ2v) is 8.89. The number of likely N-dealkylation sites (tertiary alicyclic amines) is 1. The fourth-order valence-electron chi connectivity index (χ4n) is 2.76. The van der Waals surface area contributed by atoms with Crippen LogP contribution in [0.1, 0.15) is 40.5 Å². The molecule has 0 radical (unpaired) electrons. The van der Waals surface area contributed by atoms with Crippen molar-refractivity contribution in [1.82, 2.24) is 10.2 Å². The highest BCUT2D eigenvalue weighted by Crippen LogP contribution is 2.44. The van der Waals surface area contributed by atoms with Gasteiger partial charge in [-0.05, 0) is 34.1 Å². The lowest BCUT2D eigenvalue weighted by molar-refractivity contribution is -0.149. The Morgan fingerprint density at radius 3 is 2.44 bits per heavy atom. The predicted octanol–water partition coefficient (Wildman–Crippen LogP) is 0.982. The number of carbonyl (C=O) groups is 3. The number of ether oxygens (including phenoxy) is 2. The van der Waals surface area contributed by atoms with Gasteiger partial charge in [-0.1, -0.05) is 22.6 Å². The summed E-state index contributed by atoms with van der Waals surface area (Å²) in [6, 6.07) is -0.875. The number of hydrogen-bond acceptors (Lipinski definition) is 6.